The number of phosphoric ester groups is 1. The van der Waals surface area contributed by atoms with Gasteiger partial charge in [0.25, 0.3) is 5.91 Å². The van der Waals surface area contributed by atoms with Gasteiger partial charge in [0.2, 0.25) is 35.4 Å². The van der Waals surface area contributed by atoms with Crippen LogP contribution in [0.2, 0.25) is 0 Å². The normalized spacial score (nSPS) is 16.5. The molecule has 1 saturated heterocycles. The maximum Gasteiger partial charge on any atom is 0.524 e. The second-order valence-electron chi connectivity index (χ2n) is 19.0. The molecule has 8 atom stereocenters. The molecular formula is C48H67N11O15P+. The molecular weight excluding hydrogens is 1000 g/mol. The molecule has 408 valence electrons. The fourth-order valence-electron chi connectivity index (χ4n) is 8.44. The summed E-state index contributed by atoms with van der Waals surface area (Å²) in [5.41, 5.74) is 5.78. The number of aromatic amines is 2. The number of hydrogen-bond donors (Lipinski definition) is 14. The number of nitrogens with one attached hydrogen (secondary N) is 8. The van der Waals surface area contributed by atoms with E-state index in [9.17, 15) is 68.0 Å². The number of fused-ring (bicyclic) bond motifs is 1. The molecule has 4 aromatic rings. The predicted octanol–water partition coefficient (Wildman–Crippen LogP) is -2.33. The van der Waals surface area contributed by atoms with Gasteiger partial charge in [-0.3, -0.25) is 43.3 Å². The minimum atomic E-state index is -4.95. The zero-order chi connectivity index (χ0) is 55.1. The van der Waals surface area contributed by atoms with Crippen LogP contribution >= 0.6 is 7.82 Å². The van der Waals surface area contributed by atoms with Crippen molar-refractivity contribution in [2.75, 3.05) is 19.8 Å². The Labute approximate surface area is 430 Å². The highest BCUT2D eigenvalue weighted by Gasteiger charge is 2.41. The van der Waals surface area contributed by atoms with E-state index in [2.05, 4.69) is 57.1 Å². The lowest BCUT2D eigenvalue weighted by atomic mass is 9.99. The van der Waals surface area contributed by atoms with E-state index < -0.39 is 123 Å². The molecule has 0 unspecified atom stereocenters. The summed E-state index contributed by atoms with van der Waals surface area (Å²) in [7, 11) is -4.95. The number of carboxylic acid groups (broad SMARTS) is 1. The number of quaternary nitrogens is 1. The van der Waals surface area contributed by atoms with E-state index >= 15 is 0 Å². The van der Waals surface area contributed by atoms with Crippen LogP contribution in [0.1, 0.15) is 63.8 Å². The van der Waals surface area contributed by atoms with E-state index in [1.807, 2.05) is 18.2 Å². The van der Waals surface area contributed by atoms with Crippen molar-refractivity contribution in [1.29, 1.82) is 0 Å². The number of hydrogen-bond acceptors (Lipinski definition) is 13. The molecule has 2 aromatic carbocycles. The molecule has 0 radical (unpaired) electrons. The number of likely N-dealkylation sites (tertiary alicyclic amines) is 1. The number of para-hydroxylation sites is 1. The summed E-state index contributed by atoms with van der Waals surface area (Å²) in [5, 5.41) is 46.3. The van der Waals surface area contributed by atoms with Crippen LogP contribution in [0.4, 0.5) is 0 Å². The number of H-pyrrole nitrogens is 2. The molecule has 0 bridgehead atoms. The average molecular weight is 1070 g/mol. The summed E-state index contributed by atoms with van der Waals surface area (Å²) in [5.74, 6) is -8.19. The van der Waals surface area contributed by atoms with Gasteiger partial charge in [-0.15, -0.1) is 0 Å². The predicted molar refractivity (Wildman–Crippen MR) is 266 cm³/mol. The van der Waals surface area contributed by atoms with E-state index in [0.29, 0.717) is 23.2 Å². The van der Waals surface area contributed by atoms with Gasteiger partial charge in [-0.05, 0) is 60.4 Å². The maximum atomic E-state index is 14.4. The van der Waals surface area contributed by atoms with Crippen molar-refractivity contribution in [2.45, 2.75) is 115 Å². The van der Waals surface area contributed by atoms with Crippen LogP contribution in [0.5, 0.6) is 5.75 Å². The topological polar surface area (TPSA) is 412 Å². The molecule has 26 nitrogen and oxygen atoms in total. The Hall–Kier alpha value is -7.22. The van der Waals surface area contributed by atoms with Crippen molar-refractivity contribution in [3.05, 3.63) is 84.1 Å². The molecule has 0 saturated carbocycles. The quantitative estimate of drug-likeness (QED) is 0.0279. The third-order valence-electron chi connectivity index (χ3n) is 12.4. The minimum Gasteiger partial charge on any atom is -0.480 e. The zero-order valence-corrected chi connectivity index (χ0v) is 42.8. The molecule has 1 aliphatic heterocycles. The third kappa shape index (κ3) is 16.9. The van der Waals surface area contributed by atoms with Crippen molar-refractivity contribution in [3.63, 3.8) is 0 Å². The smallest absolute Gasteiger partial charge is 0.480 e. The van der Waals surface area contributed by atoms with Crippen molar-refractivity contribution in [3.8, 4) is 5.75 Å². The number of nitrogens with zero attached hydrogens (tertiary/aromatic N) is 2. The second kappa shape index (κ2) is 26.8. The number of benzene rings is 2. The Morgan fingerprint density at radius 3 is 2.00 bits per heavy atom. The number of phosphoric acid groups is 1. The van der Waals surface area contributed by atoms with Gasteiger partial charge in [0.1, 0.15) is 54.6 Å². The Morgan fingerprint density at radius 1 is 0.760 bits per heavy atom. The standard InChI is InChI=1S/C48H66N11O15P/c1-25(2)16-34(42(63)56-37(48(69)70)19-29-21-50-24-52-29)54-45(66)39-10-7-15-59(39)47(68)38(23-61)57-43(64)35(17-27-11-13-30(14-12-27)74-75(71,72)73)55-46(67)40(26(3)4)58-44(65)36(53-41(62)32(49)22-60)18-28-20-51-33-9-6-5-8-31(28)33/h5-6,8-9,11-14,20-21,24-26,32,34-40,51,60-61H,7,10,15-19,22-23,49H2,1-4H3,(H,50,52)(H,53,62)(H,54,66)(H,55,67)(H,56,63)(H,57,64)(H,58,65)(H,69,70)(H2,71,72,73)/p+1/t32-,34-,35-,36-,37-,38-,39-,40-/m0/s1. The second-order valence-corrected chi connectivity index (χ2v) is 20.2. The number of aromatic nitrogens is 3. The van der Waals surface area contributed by atoms with E-state index in [1.54, 1.807) is 40.0 Å². The Kier molecular flexibility index (Phi) is 21.0. The van der Waals surface area contributed by atoms with Crippen LogP contribution in [-0.2, 0) is 62.2 Å². The highest BCUT2D eigenvalue weighted by Crippen LogP contribution is 2.37. The first kappa shape index (κ1) is 58.7. The average Bonchev–Trinajstić information content (AvgIpc) is 4.16. The molecule has 5 rings (SSSR count). The van der Waals surface area contributed by atoms with Crippen molar-refractivity contribution in [1.82, 2.24) is 51.8 Å². The maximum absolute atomic E-state index is 14.4. The first-order chi connectivity index (χ1) is 35.5. The number of carbonyl (C=O) groups excluding carboxylic acids is 7. The Bertz CT molecular complexity index is 2680. The number of carboxylic acids is 1. The number of aliphatic hydroxyl groups is 2. The van der Waals surface area contributed by atoms with Gasteiger partial charge in [0.15, 0.2) is 6.04 Å². The molecule has 16 N–H and O–H groups in total. The first-order valence-corrected chi connectivity index (χ1v) is 25.8. The minimum absolute atomic E-state index is 0.00570. The first-order valence-electron chi connectivity index (χ1n) is 24.2. The van der Waals surface area contributed by atoms with E-state index in [1.165, 1.54) is 36.8 Å². The highest BCUT2D eigenvalue weighted by molar-refractivity contribution is 7.46. The van der Waals surface area contributed by atoms with Crippen LogP contribution in [0.15, 0.2) is 67.3 Å². The van der Waals surface area contributed by atoms with Crippen molar-refractivity contribution < 1.29 is 78.3 Å². The lowest BCUT2D eigenvalue weighted by Gasteiger charge is -2.31. The van der Waals surface area contributed by atoms with Crippen LogP contribution < -0.4 is 42.2 Å². The number of rotatable bonds is 27. The third-order valence-corrected chi connectivity index (χ3v) is 12.8. The summed E-state index contributed by atoms with van der Waals surface area (Å²) in [4.78, 5) is 139. The molecule has 3 heterocycles. The van der Waals surface area contributed by atoms with E-state index in [0.717, 1.165) is 15.8 Å². The van der Waals surface area contributed by atoms with Gasteiger partial charge in [-0.25, -0.2) is 14.3 Å². The monoisotopic (exact) mass is 1070 g/mol. The molecule has 1 aliphatic rings. The van der Waals surface area contributed by atoms with Gasteiger partial charge in [-0.2, -0.15) is 0 Å². The van der Waals surface area contributed by atoms with Gasteiger partial charge in [0, 0.05) is 54.8 Å². The van der Waals surface area contributed by atoms with Crippen molar-refractivity contribution in [2.24, 2.45) is 11.8 Å². The fourth-order valence-corrected chi connectivity index (χ4v) is 8.84. The fraction of sp³-hybridized carbons (Fsp3) is 0.479. The summed E-state index contributed by atoms with van der Waals surface area (Å²) in [6.45, 7) is 5.22. The summed E-state index contributed by atoms with van der Waals surface area (Å²) >= 11 is 0. The number of aliphatic hydroxyl groups excluding tert-OH is 2. The molecule has 75 heavy (non-hydrogen) atoms. The van der Waals surface area contributed by atoms with Crippen LogP contribution in [0, 0.1) is 11.8 Å². The lowest BCUT2D eigenvalue weighted by Crippen LogP contribution is -2.70. The number of aliphatic carboxylic acids is 1. The Balaban J connectivity index is 1.35. The van der Waals surface area contributed by atoms with Crippen LogP contribution in [-0.4, -0.2) is 160 Å². The van der Waals surface area contributed by atoms with Gasteiger partial charge in [0.05, 0.1) is 12.9 Å². The van der Waals surface area contributed by atoms with Gasteiger partial charge < -0.3 is 72.3 Å². The van der Waals surface area contributed by atoms with E-state index in [4.69, 9.17) is 0 Å². The highest BCUT2D eigenvalue weighted by atomic mass is 31.2. The van der Waals surface area contributed by atoms with E-state index in [-0.39, 0.29) is 50.3 Å². The molecule has 27 heteroatoms. The van der Waals surface area contributed by atoms with Crippen LogP contribution in [0.3, 0.4) is 0 Å². The summed E-state index contributed by atoms with van der Waals surface area (Å²) in [6.07, 6.45) is 4.47. The van der Waals surface area contributed by atoms with Gasteiger partial charge >= 0.3 is 13.8 Å². The summed E-state index contributed by atoms with van der Waals surface area (Å²) in [6, 6.07) is 1.55. The van der Waals surface area contributed by atoms with Crippen molar-refractivity contribution >= 4 is 66.0 Å². The number of imidazole rings is 1. The largest absolute Gasteiger partial charge is 0.524 e. The molecule has 7 amide bonds. The van der Waals surface area contributed by atoms with Gasteiger partial charge in [-0.1, -0.05) is 58.0 Å². The number of amides is 7. The SMILES string of the molecule is CC(C)C[C@H](NC(=O)[C@@H]1CCCN1C(=O)[C@H](CO)NC(=O)[C@H](Cc1ccc(OP(=O)(O)O)cc1)NC(=O)[C@@H](NC(=O)[C@H](Cc1c[nH]c2ccccc12)NC(=O)[C@@H]([NH3+])CO)C(C)C)C(=O)N[C@@H](Cc1cnc[nH]1)C(=O)O. The summed E-state index contributed by atoms with van der Waals surface area (Å²) < 4.78 is 16.1. The number of carbonyl (C=O) groups is 8. The molecule has 0 aliphatic carbocycles. The zero-order valence-electron chi connectivity index (χ0n) is 41.9. The molecule has 0 spiro atoms. The molecule has 2 aromatic heterocycles. The van der Waals surface area contributed by atoms with Crippen LogP contribution in [0.25, 0.3) is 10.9 Å². The Morgan fingerprint density at radius 2 is 1.39 bits per heavy atom. The molecule has 1 fully saturated rings. The lowest BCUT2D eigenvalue weighted by molar-refractivity contribution is -0.409.